The molecule has 11 aromatic rings. The Balaban J connectivity index is 1.01. The van der Waals surface area contributed by atoms with Gasteiger partial charge in [-0.05, 0) is 113 Å². The highest BCUT2D eigenvalue weighted by molar-refractivity contribution is 6.09. The number of nitrogens with zero attached hydrogens (tertiary/aromatic N) is 3. The van der Waals surface area contributed by atoms with Crippen LogP contribution in [-0.2, 0) is 0 Å². The number of hydrogen-bond donors (Lipinski definition) is 0. The van der Waals surface area contributed by atoms with E-state index in [9.17, 15) is 0 Å². The molecular formula is C58H41N3. The highest BCUT2D eigenvalue weighted by Gasteiger charge is 2.17. The molecule has 0 aliphatic carbocycles. The molecule has 0 fully saturated rings. The van der Waals surface area contributed by atoms with E-state index >= 15 is 0 Å². The van der Waals surface area contributed by atoms with Crippen molar-refractivity contribution >= 4 is 55.8 Å². The summed E-state index contributed by atoms with van der Waals surface area (Å²) >= 11 is 0. The zero-order chi connectivity index (χ0) is 40.9. The summed E-state index contributed by atoms with van der Waals surface area (Å²) in [5.74, 6) is 0. The highest BCUT2D eigenvalue weighted by atomic mass is 15.0. The van der Waals surface area contributed by atoms with E-state index in [4.69, 9.17) is 4.98 Å². The topological polar surface area (TPSA) is 22.8 Å². The number of aromatic nitrogens is 3. The zero-order valence-corrected chi connectivity index (χ0v) is 33.8. The Morgan fingerprint density at radius 1 is 0.426 bits per heavy atom. The van der Waals surface area contributed by atoms with Crippen LogP contribution in [0.15, 0.2) is 213 Å². The van der Waals surface area contributed by atoms with Gasteiger partial charge in [-0.3, -0.25) is 0 Å². The molecule has 0 bridgehead atoms. The van der Waals surface area contributed by atoms with Crippen LogP contribution in [0.4, 0.5) is 0 Å². The van der Waals surface area contributed by atoms with Crippen LogP contribution in [0.1, 0.15) is 18.2 Å². The third kappa shape index (κ3) is 6.18. The maximum absolute atomic E-state index is 5.35. The van der Waals surface area contributed by atoms with Crippen molar-refractivity contribution in [1.29, 1.82) is 0 Å². The van der Waals surface area contributed by atoms with Gasteiger partial charge in [0.15, 0.2) is 0 Å². The molecule has 0 atom stereocenters. The first-order valence-electron chi connectivity index (χ1n) is 20.9. The van der Waals surface area contributed by atoms with Gasteiger partial charge in [0.1, 0.15) is 0 Å². The summed E-state index contributed by atoms with van der Waals surface area (Å²) in [5, 5.41) is 4.83. The Morgan fingerprint density at radius 3 is 1.61 bits per heavy atom. The standard InChI is InChI=1S/C58H41N3/c1-3-17-55-47(4-2)48-26-8-11-29-56(48)60(55)45-24-15-21-41(35-45)40-20-14-23-44(34-40)54-38-51(39-18-6-5-7-19-39)52-37-43(32-33-53(52)59-54)42-22-16-25-46(36-42)61-57-30-12-9-27-49(57)50-28-10-13-31-58(50)61/h3-38H,2H2,1H3/b17-3-. The Morgan fingerprint density at radius 2 is 0.951 bits per heavy atom. The molecule has 0 unspecified atom stereocenters. The SMILES string of the molecule is C=Cc1c(/C=C\C)n(-c2cccc(-c3cccc(-c4cc(-c5ccccc5)c5cc(-c6cccc(-n7c8ccccc8c8ccccc87)c6)ccc5n4)c3)c2)c2ccccc12. The molecule has 3 nitrogen and oxygen atoms in total. The number of rotatable bonds is 8. The smallest absolute Gasteiger partial charge is 0.0716 e. The van der Waals surface area contributed by atoms with Gasteiger partial charge in [-0.2, -0.15) is 0 Å². The summed E-state index contributed by atoms with van der Waals surface area (Å²) in [6.07, 6.45) is 6.23. The molecule has 0 aliphatic rings. The third-order valence-corrected chi connectivity index (χ3v) is 12.0. The first kappa shape index (κ1) is 36.1. The second-order valence-electron chi connectivity index (χ2n) is 15.6. The molecule has 3 heteroatoms. The predicted molar refractivity (Wildman–Crippen MR) is 259 cm³/mol. The van der Waals surface area contributed by atoms with Gasteiger partial charge in [-0.25, -0.2) is 4.98 Å². The Kier molecular flexibility index (Phi) is 8.87. The minimum Gasteiger partial charge on any atom is -0.309 e. The lowest BCUT2D eigenvalue weighted by molar-refractivity contribution is 1.11. The van der Waals surface area contributed by atoms with Gasteiger partial charge >= 0.3 is 0 Å². The Bertz CT molecular complexity index is 3450. The summed E-state index contributed by atoms with van der Waals surface area (Å²) < 4.78 is 4.72. The van der Waals surface area contributed by atoms with E-state index in [0.29, 0.717) is 0 Å². The monoisotopic (exact) mass is 779 g/mol. The average Bonchev–Trinajstić information content (AvgIpc) is 3.84. The summed E-state index contributed by atoms with van der Waals surface area (Å²) in [4.78, 5) is 5.35. The lowest BCUT2D eigenvalue weighted by atomic mass is 9.94. The summed E-state index contributed by atoms with van der Waals surface area (Å²) in [7, 11) is 0. The van der Waals surface area contributed by atoms with Crippen LogP contribution in [0, 0.1) is 0 Å². The highest BCUT2D eigenvalue weighted by Crippen LogP contribution is 2.38. The van der Waals surface area contributed by atoms with Crippen LogP contribution < -0.4 is 0 Å². The fourth-order valence-corrected chi connectivity index (χ4v) is 9.22. The Hall–Kier alpha value is -8.01. The largest absolute Gasteiger partial charge is 0.309 e. The Labute approximate surface area is 355 Å². The fraction of sp³-hybridized carbons (Fsp3) is 0.0172. The van der Waals surface area contributed by atoms with Crippen molar-refractivity contribution in [2.75, 3.05) is 0 Å². The fourth-order valence-electron chi connectivity index (χ4n) is 9.22. The van der Waals surface area contributed by atoms with Crippen LogP contribution in [0.2, 0.25) is 0 Å². The molecule has 0 saturated heterocycles. The summed E-state index contributed by atoms with van der Waals surface area (Å²) in [6.45, 7) is 6.23. The molecule has 0 saturated carbocycles. The molecule has 0 N–H and O–H groups in total. The number of hydrogen-bond acceptors (Lipinski definition) is 1. The first-order chi connectivity index (χ1) is 30.2. The predicted octanol–water partition coefficient (Wildman–Crippen LogP) is 15.6. The van der Waals surface area contributed by atoms with Crippen molar-refractivity contribution in [2.24, 2.45) is 0 Å². The van der Waals surface area contributed by atoms with Gasteiger partial charge in [0.25, 0.3) is 0 Å². The van der Waals surface area contributed by atoms with E-state index < -0.39 is 0 Å². The number of allylic oxidation sites excluding steroid dienone is 1. The van der Waals surface area contributed by atoms with Crippen molar-refractivity contribution in [3.8, 4) is 56.0 Å². The minimum atomic E-state index is 0.938. The number of benzene rings is 8. The lowest BCUT2D eigenvalue weighted by Gasteiger charge is -2.14. The van der Waals surface area contributed by atoms with Gasteiger partial charge < -0.3 is 9.13 Å². The van der Waals surface area contributed by atoms with Gasteiger partial charge in [-0.1, -0.05) is 152 Å². The molecular weight excluding hydrogens is 739 g/mol. The van der Waals surface area contributed by atoms with E-state index in [1.165, 1.54) is 27.2 Å². The van der Waals surface area contributed by atoms with Gasteiger partial charge in [0.2, 0.25) is 0 Å². The van der Waals surface area contributed by atoms with Crippen LogP contribution in [0.5, 0.6) is 0 Å². The van der Waals surface area contributed by atoms with Gasteiger partial charge in [0, 0.05) is 44.0 Å². The van der Waals surface area contributed by atoms with E-state index in [1.54, 1.807) is 0 Å². The number of pyridine rings is 1. The van der Waals surface area contributed by atoms with Crippen LogP contribution in [0.3, 0.4) is 0 Å². The van der Waals surface area contributed by atoms with E-state index in [0.717, 1.165) is 83.7 Å². The van der Waals surface area contributed by atoms with E-state index in [-0.39, 0.29) is 0 Å². The summed E-state index contributed by atoms with van der Waals surface area (Å²) in [5.41, 5.74) is 17.9. The molecule has 8 aromatic carbocycles. The van der Waals surface area contributed by atoms with Crippen LogP contribution in [0.25, 0.3) is 112 Å². The van der Waals surface area contributed by atoms with E-state index in [2.05, 4.69) is 235 Å². The quantitative estimate of drug-likeness (QED) is 0.151. The average molecular weight is 780 g/mol. The van der Waals surface area contributed by atoms with Crippen molar-refractivity contribution in [3.63, 3.8) is 0 Å². The van der Waals surface area contributed by atoms with Gasteiger partial charge in [0.05, 0.1) is 33.5 Å². The number of para-hydroxylation sites is 3. The van der Waals surface area contributed by atoms with Gasteiger partial charge in [-0.15, -0.1) is 0 Å². The first-order valence-corrected chi connectivity index (χ1v) is 20.9. The van der Waals surface area contributed by atoms with Crippen molar-refractivity contribution < 1.29 is 0 Å². The maximum atomic E-state index is 5.35. The van der Waals surface area contributed by atoms with Crippen molar-refractivity contribution in [1.82, 2.24) is 14.1 Å². The molecule has 11 rings (SSSR count). The van der Waals surface area contributed by atoms with E-state index in [1.807, 2.05) is 6.08 Å². The minimum absolute atomic E-state index is 0.938. The second-order valence-corrected chi connectivity index (χ2v) is 15.6. The molecule has 0 amide bonds. The number of fused-ring (bicyclic) bond motifs is 5. The molecule has 3 aromatic heterocycles. The normalized spacial score (nSPS) is 11.7. The second kappa shape index (κ2) is 15.0. The summed E-state index contributed by atoms with van der Waals surface area (Å²) in [6, 6.07) is 72.1. The van der Waals surface area contributed by atoms with Crippen molar-refractivity contribution in [2.45, 2.75) is 6.92 Å². The van der Waals surface area contributed by atoms with Crippen LogP contribution in [-0.4, -0.2) is 14.1 Å². The molecule has 0 spiro atoms. The van der Waals surface area contributed by atoms with Crippen molar-refractivity contribution in [3.05, 3.63) is 224 Å². The third-order valence-electron chi connectivity index (χ3n) is 12.0. The molecule has 288 valence electrons. The molecule has 0 radical (unpaired) electrons. The molecule has 3 heterocycles. The molecule has 0 aliphatic heterocycles. The maximum Gasteiger partial charge on any atom is 0.0716 e. The van der Waals surface area contributed by atoms with Crippen LogP contribution >= 0.6 is 0 Å². The lowest BCUT2D eigenvalue weighted by Crippen LogP contribution is -1.97. The molecule has 61 heavy (non-hydrogen) atoms. The zero-order valence-electron chi connectivity index (χ0n) is 33.8.